The summed E-state index contributed by atoms with van der Waals surface area (Å²) in [6, 6.07) is 0. The molecule has 0 heterocycles. The average Bonchev–Trinajstić information content (AvgIpc) is 2.80. The van der Waals surface area contributed by atoms with Crippen molar-refractivity contribution in [2.45, 2.75) is 132 Å². The molecule has 0 aromatic carbocycles. The lowest BCUT2D eigenvalue weighted by molar-refractivity contribution is -0.157. The van der Waals surface area contributed by atoms with Gasteiger partial charge in [0.05, 0.1) is 25.0 Å². The Bertz CT molecular complexity index is 535. The number of carbonyl (C=O) groups is 2. The normalized spacial score (nSPS) is 21.1. The van der Waals surface area contributed by atoms with Crippen LogP contribution in [0.4, 0.5) is 0 Å². The monoisotopic (exact) mass is 480 g/mol. The first-order valence-corrected chi connectivity index (χ1v) is 14.3. The largest absolute Gasteiger partial charge is 0.465 e. The van der Waals surface area contributed by atoms with E-state index in [1.807, 2.05) is 0 Å². The van der Waals surface area contributed by atoms with Crippen LogP contribution in [0.1, 0.15) is 132 Å². The number of carbonyl (C=O) groups excluding carboxylic acids is 2. The fraction of sp³-hybridized carbons (Fsp3) is 0.933. The van der Waals surface area contributed by atoms with Gasteiger partial charge in [-0.3, -0.25) is 9.59 Å². The summed E-state index contributed by atoms with van der Waals surface area (Å²) in [4.78, 5) is 25.3. The SMILES string of the molecule is CCCCCC(C)(C)C(C)COC(=O)C1CCC(C(=O)OCC(C)C(C)(C)CCCCC)CC1. The van der Waals surface area contributed by atoms with Gasteiger partial charge in [0.2, 0.25) is 0 Å². The fourth-order valence-electron chi connectivity index (χ4n) is 4.82. The number of hydrogen-bond acceptors (Lipinski definition) is 4. The summed E-state index contributed by atoms with van der Waals surface area (Å²) >= 11 is 0. The van der Waals surface area contributed by atoms with E-state index in [0.717, 1.165) is 25.7 Å². The van der Waals surface area contributed by atoms with Crippen LogP contribution in [-0.2, 0) is 19.1 Å². The minimum atomic E-state index is -0.0783. The molecular weight excluding hydrogens is 424 g/mol. The number of rotatable bonds is 16. The Hall–Kier alpha value is -1.06. The van der Waals surface area contributed by atoms with Crippen molar-refractivity contribution < 1.29 is 19.1 Å². The highest BCUT2D eigenvalue weighted by Crippen LogP contribution is 2.36. The molecule has 0 aromatic heterocycles. The summed E-state index contributed by atoms with van der Waals surface area (Å²) in [5.41, 5.74) is 0.358. The van der Waals surface area contributed by atoms with Crippen molar-refractivity contribution in [1.82, 2.24) is 0 Å². The Kier molecular flexibility index (Phi) is 13.8. The highest BCUT2D eigenvalue weighted by molar-refractivity contribution is 5.75. The molecule has 0 N–H and O–H groups in total. The molecule has 1 aliphatic carbocycles. The first-order valence-electron chi connectivity index (χ1n) is 14.3. The van der Waals surface area contributed by atoms with Gasteiger partial charge in [-0.15, -0.1) is 0 Å². The third-order valence-electron chi connectivity index (χ3n) is 8.86. The summed E-state index contributed by atoms with van der Waals surface area (Å²) in [6.45, 7) is 19.0. The van der Waals surface area contributed by atoms with Crippen molar-refractivity contribution in [3.05, 3.63) is 0 Å². The Balaban J connectivity index is 2.36. The van der Waals surface area contributed by atoms with Gasteiger partial charge in [0.25, 0.3) is 0 Å². The smallest absolute Gasteiger partial charge is 0.308 e. The molecule has 0 spiro atoms. The highest BCUT2D eigenvalue weighted by Gasteiger charge is 2.34. The maximum Gasteiger partial charge on any atom is 0.308 e. The van der Waals surface area contributed by atoms with Gasteiger partial charge in [-0.2, -0.15) is 0 Å². The lowest BCUT2D eigenvalue weighted by Gasteiger charge is -2.33. The Morgan fingerprint density at radius 2 is 1.00 bits per heavy atom. The predicted octanol–water partition coefficient (Wildman–Crippen LogP) is 8.36. The van der Waals surface area contributed by atoms with Crippen LogP contribution in [0.15, 0.2) is 0 Å². The molecule has 2 atom stereocenters. The maximum absolute atomic E-state index is 12.7. The zero-order valence-electron chi connectivity index (χ0n) is 23.8. The molecule has 0 amide bonds. The predicted molar refractivity (Wildman–Crippen MR) is 142 cm³/mol. The molecule has 0 bridgehead atoms. The van der Waals surface area contributed by atoms with Gasteiger partial charge in [-0.05, 0) is 61.2 Å². The molecule has 2 unspecified atom stereocenters. The quantitative estimate of drug-likeness (QED) is 0.164. The summed E-state index contributed by atoms with van der Waals surface area (Å²) in [5.74, 6) is 0.378. The van der Waals surface area contributed by atoms with Gasteiger partial charge in [0.1, 0.15) is 0 Å². The number of unbranched alkanes of at least 4 members (excludes halogenated alkanes) is 4. The van der Waals surface area contributed by atoms with Crippen molar-refractivity contribution in [1.29, 1.82) is 0 Å². The topological polar surface area (TPSA) is 52.6 Å². The van der Waals surface area contributed by atoms with E-state index in [-0.39, 0.29) is 34.6 Å². The van der Waals surface area contributed by atoms with E-state index in [9.17, 15) is 9.59 Å². The van der Waals surface area contributed by atoms with Gasteiger partial charge < -0.3 is 9.47 Å². The summed E-state index contributed by atoms with van der Waals surface area (Å²) in [7, 11) is 0. The van der Waals surface area contributed by atoms with E-state index in [4.69, 9.17) is 9.47 Å². The van der Waals surface area contributed by atoms with E-state index in [0.29, 0.717) is 25.0 Å². The van der Waals surface area contributed by atoms with Crippen LogP contribution in [0.2, 0.25) is 0 Å². The molecule has 4 nitrogen and oxygen atoms in total. The second-order valence-corrected chi connectivity index (χ2v) is 12.5. The van der Waals surface area contributed by atoms with Gasteiger partial charge in [0, 0.05) is 0 Å². The number of ether oxygens (including phenoxy) is 2. The van der Waals surface area contributed by atoms with Crippen LogP contribution in [0.5, 0.6) is 0 Å². The van der Waals surface area contributed by atoms with Crippen molar-refractivity contribution in [2.24, 2.45) is 34.5 Å². The van der Waals surface area contributed by atoms with Crippen LogP contribution < -0.4 is 0 Å². The Labute approximate surface area is 211 Å². The molecule has 0 aromatic rings. The standard InChI is InChI=1S/C30H56O4/c1-9-11-13-19-29(5,6)23(3)21-33-27(31)25-15-17-26(18-16-25)28(32)34-22-24(4)30(7,8)20-14-12-10-2/h23-26H,9-22H2,1-8H3. The molecule has 200 valence electrons. The second kappa shape index (κ2) is 15.1. The zero-order chi connectivity index (χ0) is 25.8. The van der Waals surface area contributed by atoms with Crippen LogP contribution in [0.25, 0.3) is 0 Å². The molecule has 4 heteroatoms. The van der Waals surface area contributed by atoms with Crippen LogP contribution in [-0.4, -0.2) is 25.2 Å². The van der Waals surface area contributed by atoms with Crippen LogP contribution in [0.3, 0.4) is 0 Å². The third kappa shape index (κ3) is 10.7. The number of esters is 2. The minimum Gasteiger partial charge on any atom is -0.465 e. The van der Waals surface area contributed by atoms with E-state index < -0.39 is 0 Å². The van der Waals surface area contributed by atoms with Gasteiger partial charge in [0.15, 0.2) is 0 Å². The lowest BCUT2D eigenvalue weighted by Crippen LogP contribution is -2.32. The van der Waals surface area contributed by atoms with E-state index in [2.05, 4.69) is 55.4 Å². The molecule has 0 saturated heterocycles. The van der Waals surface area contributed by atoms with Crippen molar-refractivity contribution in [2.75, 3.05) is 13.2 Å². The lowest BCUT2D eigenvalue weighted by atomic mass is 9.76. The van der Waals surface area contributed by atoms with Crippen LogP contribution in [0, 0.1) is 34.5 Å². The Morgan fingerprint density at radius 3 is 1.29 bits per heavy atom. The highest BCUT2D eigenvalue weighted by atomic mass is 16.5. The fourth-order valence-corrected chi connectivity index (χ4v) is 4.82. The minimum absolute atomic E-state index is 0.0733. The van der Waals surface area contributed by atoms with E-state index >= 15 is 0 Å². The van der Waals surface area contributed by atoms with E-state index in [1.54, 1.807) is 0 Å². The zero-order valence-corrected chi connectivity index (χ0v) is 23.8. The molecule has 1 aliphatic rings. The average molecular weight is 481 g/mol. The van der Waals surface area contributed by atoms with Gasteiger partial charge in [-0.25, -0.2) is 0 Å². The molecule has 1 saturated carbocycles. The van der Waals surface area contributed by atoms with Crippen molar-refractivity contribution >= 4 is 11.9 Å². The molecule has 1 rings (SSSR count). The summed E-state index contributed by atoms with van der Waals surface area (Å²) < 4.78 is 11.5. The third-order valence-corrected chi connectivity index (χ3v) is 8.86. The molecule has 0 radical (unpaired) electrons. The van der Waals surface area contributed by atoms with Crippen molar-refractivity contribution in [3.63, 3.8) is 0 Å². The Morgan fingerprint density at radius 1 is 0.676 bits per heavy atom. The van der Waals surface area contributed by atoms with Gasteiger partial charge in [-0.1, -0.05) is 93.9 Å². The van der Waals surface area contributed by atoms with Crippen LogP contribution >= 0.6 is 0 Å². The summed E-state index contributed by atoms with van der Waals surface area (Å²) in [6.07, 6.45) is 12.7. The molecule has 34 heavy (non-hydrogen) atoms. The first-order chi connectivity index (χ1) is 15.9. The van der Waals surface area contributed by atoms with E-state index in [1.165, 1.54) is 51.4 Å². The summed E-state index contributed by atoms with van der Waals surface area (Å²) in [5, 5.41) is 0. The van der Waals surface area contributed by atoms with Crippen molar-refractivity contribution in [3.8, 4) is 0 Å². The second-order valence-electron chi connectivity index (χ2n) is 12.5. The number of hydrogen-bond donors (Lipinski definition) is 0. The molecule has 0 aliphatic heterocycles. The maximum atomic E-state index is 12.7. The molecular formula is C30H56O4. The van der Waals surface area contributed by atoms with Gasteiger partial charge >= 0.3 is 11.9 Å². The first kappa shape index (κ1) is 31.0. The molecule has 1 fully saturated rings.